The highest BCUT2D eigenvalue weighted by Crippen LogP contribution is 2.60. The van der Waals surface area contributed by atoms with Crippen LogP contribution in [0.15, 0.2) is 24.3 Å². The van der Waals surface area contributed by atoms with Crippen LogP contribution in [0.5, 0.6) is 0 Å². The number of hydrogen-bond acceptors (Lipinski definition) is 5. The number of fused-ring (bicyclic) bond motifs is 2. The van der Waals surface area contributed by atoms with Gasteiger partial charge in [-0.1, -0.05) is 19.1 Å². The first-order valence-electron chi connectivity index (χ1n) is 9.91. The molecule has 1 spiro atoms. The van der Waals surface area contributed by atoms with Gasteiger partial charge >= 0.3 is 5.97 Å². The van der Waals surface area contributed by atoms with Crippen LogP contribution < -0.4 is 0 Å². The second-order valence-corrected chi connectivity index (χ2v) is 8.79. The Labute approximate surface area is 158 Å². The lowest BCUT2D eigenvalue weighted by Crippen LogP contribution is -2.70. The highest BCUT2D eigenvalue weighted by molar-refractivity contribution is 5.75. The second kappa shape index (κ2) is 6.00. The summed E-state index contributed by atoms with van der Waals surface area (Å²) < 4.78 is 25.6. The number of hydrogen-bond donors (Lipinski definition) is 0. The summed E-state index contributed by atoms with van der Waals surface area (Å²) in [7, 11) is 0. The number of ether oxygens (including phenoxy) is 2. The van der Waals surface area contributed by atoms with Crippen LogP contribution in [0.2, 0.25) is 0 Å². The van der Waals surface area contributed by atoms with E-state index in [-0.39, 0.29) is 23.6 Å². The van der Waals surface area contributed by atoms with E-state index in [9.17, 15) is 9.18 Å². The molecule has 6 rings (SSSR count). The largest absolute Gasteiger partial charge is 0.432 e. The van der Waals surface area contributed by atoms with E-state index in [0.29, 0.717) is 18.8 Å². The maximum Gasteiger partial charge on any atom is 0.312 e. The fourth-order valence-electron chi connectivity index (χ4n) is 5.76. The Kier molecular flexibility index (Phi) is 3.91. The van der Waals surface area contributed by atoms with Crippen molar-refractivity contribution in [1.82, 2.24) is 0 Å². The van der Waals surface area contributed by atoms with Gasteiger partial charge in [-0.05, 0) is 56.2 Å². The highest BCUT2D eigenvalue weighted by atomic mass is 19.1. The summed E-state index contributed by atoms with van der Waals surface area (Å²) in [5, 5.41) is 0. The molecule has 1 aromatic carbocycles. The fraction of sp³-hybridized carbons (Fsp3) is 0.667. The Balaban J connectivity index is 1.54. The molecular weight excluding hydrogens is 351 g/mol. The highest BCUT2D eigenvalue weighted by Gasteiger charge is 2.70. The molecule has 5 fully saturated rings. The monoisotopic (exact) mass is 376 g/mol. The molecule has 1 aromatic rings. The Bertz CT molecular complexity index is 769. The van der Waals surface area contributed by atoms with Gasteiger partial charge in [-0.2, -0.15) is 0 Å². The number of carbonyl (C=O) groups is 1. The Morgan fingerprint density at radius 3 is 2.85 bits per heavy atom. The molecule has 1 saturated carbocycles. The smallest absolute Gasteiger partial charge is 0.312 e. The maximum absolute atomic E-state index is 13.7. The quantitative estimate of drug-likeness (QED) is 0.581. The molecule has 2 bridgehead atoms. The first-order valence-corrected chi connectivity index (χ1v) is 9.91. The van der Waals surface area contributed by atoms with Crippen molar-refractivity contribution in [2.24, 2.45) is 23.7 Å². The molecule has 7 atom stereocenters. The van der Waals surface area contributed by atoms with E-state index in [1.807, 2.05) is 13.0 Å². The third kappa shape index (κ3) is 2.57. The first-order chi connectivity index (χ1) is 12.9. The van der Waals surface area contributed by atoms with Crippen molar-refractivity contribution in [2.45, 2.75) is 63.6 Å². The van der Waals surface area contributed by atoms with Gasteiger partial charge in [-0.3, -0.25) is 4.79 Å². The Hall–Kier alpha value is -1.50. The van der Waals surface area contributed by atoms with Gasteiger partial charge < -0.3 is 9.47 Å². The molecule has 4 heterocycles. The summed E-state index contributed by atoms with van der Waals surface area (Å²) >= 11 is 0. The zero-order valence-electron chi connectivity index (χ0n) is 15.7. The van der Waals surface area contributed by atoms with Crippen molar-refractivity contribution in [3.05, 3.63) is 35.6 Å². The maximum atomic E-state index is 13.7. The summed E-state index contributed by atoms with van der Waals surface area (Å²) in [5.41, 5.74) is 0.0117. The number of rotatable bonds is 2. The van der Waals surface area contributed by atoms with Crippen molar-refractivity contribution >= 4 is 5.97 Å². The molecule has 5 nitrogen and oxygen atoms in total. The molecule has 27 heavy (non-hydrogen) atoms. The molecule has 0 N–H and O–H groups in total. The van der Waals surface area contributed by atoms with E-state index in [1.165, 1.54) is 12.1 Å². The topological polar surface area (TPSA) is 54.0 Å². The van der Waals surface area contributed by atoms with Crippen molar-refractivity contribution in [2.75, 3.05) is 0 Å². The summed E-state index contributed by atoms with van der Waals surface area (Å²) in [4.78, 5) is 24.7. The van der Waals surface area contributed by atoms with Crippen LogP contribution >= 0.6 is 0 Å². The Morgan fingerprint density at radius 2 is 2.04 bits per heavy atom. The molecule has 4 saturated heterocycles. The van der Waals surface area contributed by atoms with Crippen LogP contribution in [0.3, 0.4) is 0 Å². The van der Waals surface area contributed by atoms with Crippen molar-refractivity contribution in [1.29, 1.82) is 0 Å². The predicted octanol–water partition coefficient (Wildman–Crippen LogP) is 3.76. The number of halogens is 1. The van der Waals surface area contributed by atoms with Gasteiger partial charge in [0.15, 0.2) is 5.60 Å². The van der Waals surface area contributed by atoms with Crippen molar-refractivity contribution in [3.63, 3.8) is 0 Å². The molecule has 146 valence electrons. The van der Waals surface area contributed by atoms with Gasteiger partial charge in [0.05, 0.1) is 5.92 Å². The van der Waals surface area contributed by atoms with E-state index in [4.69, 9.17) is 19.2 Å². The molecule has 0 radical (unpaired) electrons. The minimum absolute atomic E-state index is 0.0733. The lowest BCUT2D eigenvalue weighted by atomic mass is 9.57. The standard InChI is InChI=1S/C21H25FO5/c1-12-6-7-17-15(11-13-4-3-5-14(22)10-13)18(23)24-19-21(17)16(12)8-9-20(2,25-19)26-27-21/h3-5,10,12,15-17,19H,6-9,11H2,1-2H3/t12-,15+,16+,17+,19-,20-,21-/m1/s1. The normalized spacial score (nSPS) is 45.7. The van der Waals surface area contributed by atoms with E-state index >= 15 is 0 Å². The third-order valence-corrected chi connectivity index (χ3v) is 7.13. The summed E-state index contributed by atoms with van der Waals surface area (Å²) in [6.07, 6.45) is 3.17. The van der Waals surface area contributed by atoms with Gasteiger partial charge in [0.1, 0.15) is 5.82 Å². The second-order valence-electron chi connectivity index (χ2n) is 8.79. The van der Waals surface area contributed by atoms with Crippen LogP contribution in [0.25, 0.3) is 0 Å². The number of carbonyl (C=O) groups excluding carboxylic acids is 1. The summed E-state index contributed by atoms with van der Waals surface area (Å²) in [6, 6.07) is 6.42. The van der Waals surface area contributed by atoms with Crippen LogP contribution in [-0.2, 0) is 30.5 Å². The zero-order valence-corrected chi connectivity index (χ0v) is 15.7. The van der Waals surface area contributed by atoms with Gasteiger partial charge in [-0.25, -0.2) is 14.2 Å². The molecule has 5 aliphatic rings. The molecule has 0 aromatic heterocycles. The molecule has 4 aliphatic heterocycles. The van der Waals surface area contributed by atoms with Gasteiger partial charge in [-0.15, -0.1) is 0 Å². The molecule has 6 heteroatoms. The number of benzene rings is 1. The zero-order chi connectivity index (χ0) is 18.8. The fourth-order valence-corrected chi connectivity index (χ4v) is 5.76. The van der Waals surface area contributed by atoms with Gasteiger partial charge in [0.25, 0.3) is 0 Å². The molecule has 1 aliphatic carbocycles. The van der Waals surface area contributed by atoms with Gasteiger partial charge in [0.2, 0.25) is 12.1 Å². The van der Waals surface area contributed by atoms with E-state index < -0.39 is 23.6 Å². The molecule has 0 unspecified atom stereocenters. The Morgan fingerprint density at radius 1 is 1.19 bits per heavy atom. The SMILES string of the molecule is C[C@@H]1CC[C@H]2[C@H](Cc3cccc(F)c3)C(=O)O[C@@H]3O[C@@]4(C)CC[C@@H]1[C@]32OO4. The summed E-state index contributed by atoms with van der Waals surface area (Å²) in [5.74, 6) is -1.30. The van der Waals surface area contributed by atoms with Crippen molar-refractivity contribution in [3.8, 4) is 0 Å². The minimum Gasteiger partial charge on any atom is -0.432 e. The lowest BCUT2D eigenvalue weighted by Gasteiger charge is -2.58. The average molecular weight is 376 g/mol. The number of esters is 1. The predicted molar refractivity (Wildman–Crippen MR) is 92.5 cm³/mol. The third-order valence-electron chi connectivity index (χ3n) is 7.13. The average Bonchev–Trinajstić information content (AvgIpc) is 2.85. The molecule has 0 amide bonds. The van der Waals surface area contributed by atoms with E-state index in [0.717, 1.165) is 24.8 Å². The van der Waals surface area contributed by atoms with E-state index in [1.54, 1.807) is 6.07 Å². The lowest BCUT2D eigenvalue weighted by molar-refractivity contribution is -0.559. The molecular formula is C21H25FO5. The van der Waals surface area contributed by atoms with Crippen LogP contribution in [-0.4, -0.2) is 23.6 Å². The van der Waals surface area contributed by atoms with E-state index in [2.05, 4.69) is 6.92 Å². The summed E-state index contributed by atoms with van der Waals surface area (Å²) in [6.45, 7) is 4.07. The van der Waals surface area contributed by atoms with Crippen LogP contribution in [0.1, 0.15) is 45.1 Å². The van der Waals surface area contributed by atoms with Crippen molar-refractivity contribution < 1.29 is 28.4 Å². The van der Waals surface area contributed by atoms with Gasteiger partial charge in [0, 0.05) is 18.3 Å². The minimum atomic E-state index is -0.882. The first kappa shape index (κ1) is 17.6. The van der Waals surface area contributed by atoms with Crippen LogP contribution in [0, 0.1) is 29.5 Å². The van der Waals surface area contributed by atoms with Crippen LogP contribution in [0.4, 0.5) is 4.39 Å².